The lowest BCUT2D eigenvalue weighted by Crippen LogP contribution is -2.20. The number of methoxy groups -OCH3 is 1. The number of ether oxygens (including phenoxy) is 1. The first-order valence-corrected chi connectivity index (χ1v) is 8.48. The lowest BCUT2D eigenvalue weighted by Gasteiger charge is -2.23. The molecule has 0 unspecified atom stereocenters. The van der Waals surface area contributed by atoms with Crippen molar-refractivity contribution in [3.05, 3.63) is 77.1 Å². The first kappa shape index (κ1) is 15.6. The molecule has 1 aliphatic carbocycles. The average Bonchev–Trinajstić information content (AvgIpc) is 2.99. The molecular weight excluding hydrogens is 312 g/mol. The fraction of sp³-hybridized carbons (Fsp3) is 0.238. The molecule has 1 aromatic heterocycles. The van der Waals surface area contributed by atoms with E-state index in [2.05, 4.69) is 17.2 Å². The first-order chi connectivity index (χ1) is 12.2. The van der Waals surface area contributed by atoms with Crippen LogP contribution in [-0.4, -0.2) is 22.7 Å². The summed E-state index contributed by atoms with van der Waals surface area (Å²) in [7, 11) is 1.65. The Morgan fingerprint density at radius 3 is 2.44 bits per heavy atom. The van der Waals surface area contributed by atoms with Gasteiger partial charge in [0.2, 0.25) is 0 Å². The van der Waals surface area contributed by atoms with Gasteiger partial charge in [-0.3, -0.25) is 4.79 Å². The largest absolute Gasteiger partial charge is 0.497 e. The molecule has 0 bridgehead atoms. The van der Waals surface area contributed by atoms with Crippen molar-refractivity contribution in [2.45, 2.75) is 25.7 Å². The summed E-state index contributed by atoms with van der Waals surface area (Å²) in [6.07, 6.45) is 1.37. The van der Waals surface area contributed by atoms with E-state index in [9.17, 15) is 4.79 Å². The lowest BCUT2D eigenvalue weighted by molar-refractivity contribution is 0.0963. The maximum Gasteiger partial charge on any atom is 0.167 e. The van der Waals surface area contributed by atoms with Crippen molar-refractivity contribution in [3.63, 3.8) is 0 Å². The Hall–Kier alpha value is -2.88. The lowest BCUT2D eigenvalue weighted by atomic mass is 9.81. The molecule has 4 nitrogen and oxygen atoms in total. The number of ketones is 1. The highest BCUT2D eigenvalue weighted by molar-refractivity contribution is 6.00. The molecule has 0 fully saturated rings. The Morgan fingerprint density at radius 1 is 1.04 bits per heavy atom. The van der Waals surface area contributed by atoms with E-state index in [0.29, 0.717) is 6.42 Å². The molecule has 3 aromatic rings. The molecule has 0 N–H and O–H groups in total. The number of fused-ring (bicyclic) bond motifs is 1. The third kappa shape index (κ3) is 2.74. The summed E-state index contributed by atoms with van der Waals surface area (Å²) in [5.74, 6) is 1.20. The highest BCUT2D eigenvalue weighted by Gasteiger charge is 2.31. The number of aromatic nitrogens is 2. The number of nitrogens with zero attached hydrogens (tertiary/aromatic N) is 2. The van der Waals surface area contributed by atoms with Crippen molar-refractivity contribution >= 4 is 5.78 Å². The molecule has 0 radical (unpaired) electrons. The molecule has 126 valence electrons. The number of benzene rings is 2. The van der Waals surface area contributed by atoms with Gasteiger partial charge < -0.3 is 4.74 Å². The van der Waals surface area contributed by atoms with Gasteiger partial charge in [0.05, 0.1) is 29.7 Å². The Labute approximate surface area is 147 Å². The van der Waals surface area contributed by atoms with Crippen LogP contribution in [0.25, 0.3) is 5.69 Å². The van der Waals surface area contributed by atoms with Gasteiger partial charge in [0.15, 0.2) is 5.78 Å². The average molecular weight is 332 g/mol. The van der Waals surface area contributed by atoms with E-state index in [1.165, 1.54) is 5.56 Å². The summed E-state index contributed by atoms with van der Waals surface area (Å²) in [5.41, 5.74) is 4.77. The van der Waals surface area contributed by atoms with Gasteiger partial charge >= 0.3 is 0 Å². The molecular formula is C21H20N2O2. The summed E-state index contributed by atoms with van der Waals surface area (Å²) >= 11 is 0. The van der Waals surface area contributed by atoms with Crippen molar-refractivity contribution in [1.82, 2.24) is 9.78 Å². The van der Waals surface area contributed by atoms with Gasteiger partial charge in [0, 0.05) is 6.42 Å². The zero-order valence-electron chi connectivity index (χ0n) is 14.4. The van der Waals surface area contributed by atoms with Crippen LogP contribution >= 0.6 is 0 Å². The molecule has 1 atom stereocenters. The number of Topliss-reactive ketones (excluding diaryl/α,β-unsaturated/α-hetero) is 1. The third-order valence-corrected chi connectivity index (χ3v) is 4.89. The van der Waals surface area contributed by atoms with Crippen LogP contribution in [-0.2, 0) is 6.42 Å². The van der Waals surface area contributed by atoms with Gasteiger partial charge in [0.1, 0.15) is 5.75 Å². The molecule has 4 heteroatoms. The van der Waals surface area contributed by atoms with Crippen LogP contribution in [0.1, 0.15) is 39.6 Å². The Balaban J connectivity index is 1.77. The van der Waals surface area contributed by atoms with Crippen LogP contribution in [0.4, 0.5) is 0 Å². The van der Waals surface area contributed by atoms with Gasteiger partial charge in [-0.05, 0) is 49.1 Å². The second-order valence-corrected chi connectivity index (χ2v) is 6.46. The van der Waals surface area contributed by atoms with Crippen LogP contribution in [0.5, 0.6) is 5.75 Å². The predicted molar refractivity (Wildman–Crippen MR) is 96.7 cm³/mol. The Kier molecular flexibility index (Phi) is 3.88. The van der Waals surface area contributed by atoms with Crippen molar-refractivity contribution < 1.29 is 9.53 Å². The smallest absolute Gasteiger partial charge is 0.167 e. The Morgan fingerprint density at radius 2 is 1.76 bits per heavy atom. The number of hydrogen-bond donors (Lipinski definition) is 0. The summed E-state index contributed by atoms with van der Waals surface area (Å²) in [4.78, 5) is 12.8. The minimum absolute atomic E-state index is 0.187. The fourth-order valence-electron chi connectivity index (χ4n) is 3.66. The van der Waals surface area contributed by atoms with Crippen LogP contribution in [0.2, 0.25) is 0 Å². The van der Waals surface area contributed by atoms with Gasteiger partial charge in [-0.1, -0.05) is 30.3 Å². The summed E-state index contributed by atoms with van der Waals surface area (Å²) in [6.45, 7) is 1.92. The molecule has 0 spiro atoms. The molecule has 25 heavy (non-hydrogen) atoms. The van der Waals surface area contributed by atoms with Crippen LogP contribution < -0.4 is 4.74 Å². The topological polar surface area (TPSA) is 44.1 Å². The molecule has 0 saturated carbocycles. The highest BCUT2D eigenvalue weighted by Crippen LogP contribution is 2.35. The predicted octanol–water partition coefficient (Wildman–Crippen LogP) is 4.10. The van der Waals surface area contributed by atoms with Crippen molar-refractivity contribution in [2.75, 3.05) is 7.11 Å². The van der Waals surface area contributed by atoms with Crippen LogP contribution in [0.15, 0.2) is 54.6 Å². The minimum atomic E-state index is 0.187. The summed E-state index contributed by atoms with van der Waals surface area (Å²) in [6, 6.07) is 18.0. The monoisotopic (exact) mass is 332 g/mol. The van der Waals surface area contributed by atoms with Gasteiger partial charge in [-0.15, -0.1) is 0 Å². The third-order valence-electron chi connectivity index (χ3n) is 4.89. The van der Waals surface area contributed by atoms with E-state index < -0.39 is 0 Å². The van der Waals surface area contributed by atoms with Crippen molar-refractivity contribution in [2.24, 2.45) is 0 Å². The van der Waals surface area contributed by atoms with E-state index in [4.69, 9.17) is 4.74 Å². The van der Waals surface area contributed by atoms with Crippen LogP contribution in [0, 0.1) is 6.92 Å². The van der Waals surface area contributed by atoms with Gasteiger partial charge in [0.25, 0.3) is 0 Å². The molecule has 1 heterocycles. The summed E-state index contributed by atoms with van der Waals surface area (Å²) < 4.78 is 7.14. The number of rotatable bonds is 3. The van der Waals surface area contributed by atoms with Gasteiger partial charge in [-0.25, -0.2) is 4.68 Å². The first-order valence-electron chi connectivity index (χ1n) is 8.48. The maximum absolute atomic E-state index is 12.8. The minimum Gasteiger partial charge on any atom is -0.497 e. The standard InChI is InChI=1S/C21H20N2O2/c1-14-21-19(23(22-14)17-8-10-18(25-2)11-9-17)12-16(13-20(21)24)15-6-4-3-5-7-15/h3-11,16H,12-13H2,1-2H3/t16-/m0/s1. The van der Waals surface area contributed by atoms with Gasteiger partial charge in [-0.2, -0.15) is 5.10 Å². The van der Waals surface area contributed by atoms with E-state index >= 15 is 0 Å². The molecule has 0 amide bonds. The second kappa shape index (κ2) is 6.20. The van der Waals surface area contributed by atoms with E-state index in [0.717, 1.165) is 34.8 Å². The molecule has 0 aliphatic heterocycles. The van der Waals surface area contributed by atoms with E-state index in [1.54, 1.807) is 7.11 Å². The zero-order chi connectivity index (χ0) is 17.4. The SMILES string of the molecule is COc1ccc(-n2nc(C)c3c2C[C@H](c2ccccc2)CC3=O)cc1. The van der Waals surface area contributed by atoms with E-state index in [-0.39, 0.29) is 11.7 Å². The fourth-order valence-corrected chi connectivity index (χ4v) is 3.66. The van der Waals surface area contributed by atoms with Crippen LogP contribution in [0.3, 0.4) is 0 Å². The maximum atomic E-state index is 12.8. The quantitative estimate of drug-likeness (QED) is 0.725. The number of hydrogen-bond acceptors (Lipinski definition) is 3. The molecule has 1 aliphatic rings. The molecule has 2 aromatic carbocycles. The normalized spacial score (nSPS) is 16.6. The zero-order valence-corrected chi connectivity index (χ0v) is 14.4. The second-order valence-electron chi connectivity index (χ2n) is 6.46. The number of carbonyl (C=O) groups excluding carboxylic acids is 1. The number of aryl methyl sites for hydroxylation is 1. The highest BCUT2D eigenvalue weighted by atomic mass is 16.5. The van der Waals surface area contributed by atoms with Crippen molar-refractivity contribution in [1.29, 1.82) is 0 Å². The number of carbonyl (C=O) groups is 1. The summed E-state index contributed by atoms with van der Waals surface area (Å²) in [5, 5.41) is 4.65. The van der Waals surface area contributed by atoms with Crippen molar-refractivity contribution in [3.8, 4) is 11.4 Å². The molecule has 0 saturated heterocycles. The van der Waals surface area contributed by atoms with E-state index in [1.807, 2.05) is 54.1 Å². The molecule has 4 rings (SSSR count). The Bertz CT molecular complexity index is 911.